The molecule has 2 rings (SSSR count). The fraction of sp³-hybridized carbons (Fsp3) is 0.231. The highest BCUT2D eigenvalue weighted by Crippen LogP contribution is 2.23. The molecular formula is C13H15FN4. The summed E-state index contributed by atoms with van der Waals surface area (Å²) in [6.45, 7) is 3.76. The van der Waals surface area contributed by atoms with Crippen LogP contribution in [0.2, 0.25) is 0 Å². The van der Waals surface area contributed by atoms with Crippen LogP contribution in [0.1, 0.15) is 28.6 Å². The van der Waals surface area contributed by atoms with Gasteiger partial charge in [-0.15, -0.1) is 0 Å². The van der Waals surface area contributed by atoms with Gasteiger partial charge >= 0.3 is 0 Å². The molecule has 0 bridgehead atoms. The lowest BCUT2D eigenvalue weighted by Crippen LogP contribution is -2.30. The minimum Gasteiger partial charge on any atom is -0.271 e. The van der Waals surface area contributed by atoms with Crippen LogP contribution in [0.15, 0.2) is 30.6 Å². The molecule has 94 valence electrons. The van der Waals surface area contributed by atoms with Gasteiger partial charge in [0.15, 0.2) is 0 Å². The third-order valence-electron chi connectivity index (χ3n) is 2.82. The number of nitrogens with two attached hydrogens (primary N) is 1. The summed E-state index contributed by atoms with van der Waals surface area (Å²) in [6, 6.07) is 4.24. The van der Waals surface area contributed by atoms with Gasteiger partial charge in [0, 0.05) is 6.20 Å². The Hall–Kier alpha value is -1.85. The van der Waals surface area contributed by atoms with Crippen molar-refractivity contribution in [3.8, 4) is 0 Å². The smallest absolute Gasteiger partial charge is 0.123 e. The molecule has 5 heteroatoms. The van der Waals surface area contributed by atoms with Gasteiger partial charge in [-0.25, -0.2) is 9.82 Å². The SMILES string of the molecule is Cc1cnc(C(NN)c2cc(F)ccc2C)cn1. The van der Waals surface area contributed by atoms with Crippen molar-refractivity contribution >= 4 is 0 Å². The summed E-state index contributed by atoms with van der Waals surface area (Å²) in [7, 11) is 0. The third-order valence-corrected chi connectivity index (χ3v) is 2.82. The molecule has 1 aromatic heterocycles. The normalized spacial score (nSPS) is 12.4. The van der Waals surface area contributed by atoms with E-state index in [1.807, 2.05) is 13.8 Å². The van der Waals surface area contributed by atoms with Crippen molar-refractivity contribution in [2.24, 2.45) is 5.84 Å². The molecule has 0 radical (unpaired) electrons. The van der Waals surface area contributed by atoms with Crippen LogP contribution in [-0.2, 0) is 0 Å². The van der Waals surface area contributed by atoms with Gasteiger partial charge in [-0.05, 0) is 37.1 Å². The van der Waals surface area contributed by atoms with E-state index in [0.717, 1.165) is 16.8 Å². The summed E-state index contributed by atoms with van der Waals surface area (Å²) in [6.07, 6.45) is 3.30. The molecule has 1 heterocycles. The molecule has 0 aliphatic carbocycles. The third kappa shape index (κ3) is 2.52. The number of aromatic nitrogens is 2. The van der Waals surface area contributed by atoms with Crippen molar-refractivity contribution in [2.45, 2.75) is 19.9 Å². The summed E-state index contributed by atoms with van der Waals surface area (Å²) in [5.74, 6) is 5.26. The van der Waals surface area contributed by atoms with Crippen LogP contribution in [0.4, 0.5) is 4.39 Å². The molecule has 3 N–H and O–H groups in total. The number of aryl methyl sites for hydroxylation is 2. The summed E-state index contributed by atoms with van der Waals surface area (Å²) >= 11 is 0. The Morgan fingerprint density at radius 2 is 2.00 bits per heavy atom. The second-order valence-electron chi connectivity index (χ2n) is 4.18. The van der Waals surface area contributed by atoms with Gasteiger partial charge in [0.2, 0.25) is 0 Å². The van der Waals surface area contributed by atoms with Crippen molar-refractivity contribution in [2.75, 3.05) is 0 Å². The maximum Gasteiger partial charge on any atom is 0.123 e. The monoisotopic (exact) mass is 246 g/mol. The van der Waals surface area contributed by atoms with Crippen LogP contribution < -0.4 is 11.3 Å². The first kappa shape index (κ1) is 12.6. The Morgan fingerprint density at radius 1 is 1.22 bits per heavy atom. The summed E-state index contributed by atoms with van der Waals surface area (Å²) in [5.41, 5.74) is 5.85. The molecule has 0 amide bonds. The average molecular weight is 246 g/mol. The number of halogens is 1. The van der Waals surface area contributed by atoms with E-state index < -0.39 is 0 Å². The number of nitrogens with one attached hydrogen (secondary N) is 1. The largest absolute Gasteiger partial charge is 0.271 e. The maximum absolute atomic E-state index is 13.3. The lowest BCUT2D eigenvalue weighted by molar-refractivity contribution is 0.593. The lowest BCUT2D eigenvalue weighted by Gasteiger charge is -2.17. The van der Waals surface area contributed by atoms with Crippen molar-refractivity contribution in [1.82, 2.24) is 15.4 Å². The first-order valence-corrected chi connectivity index (χ1v) is 5.62. The first-order chi connectivity index (χ1) is 8.61. The molecule has 0 spiro atoms. The molecule has 1 atom stereocenters. The molecule has 4 nitrogen and oxygen atoms in total. The predicted octanol–water partition coefficient (Wildman–Crippen LogP) is 1.79. The van der Waals surface area contributed by atoms with Crippen molar-refractivity contribution in [1.29, 1.82) is 0 Å². The average Bonchev–Trinajstić information content (AvgIpc) is 2.37. The summed E-state index contributed by atoms with van der Waals surface area (Å²) in [4.78, 5) is 8.44. The Bertz CT molecular complexity index is 539. The van der Waals surface area contributed by atoms with Crippen molar-refractivity contribution in [3.63, 3.8) is 0 Å². The van der Waals surface area contributed by atoms with Gasteiger partial charge in [0.05, 0.1) is 23.6 Å². The van der Waals surface area contributed by atoms with Crippen molar-refractivity contribution in [3.05, 3.63) is 58.9 Å². The van der Waals surface area contributed by atoms with Gasteiger partial charge in [0.1, 0.15) is 5.82 Å². The maximum atomic E-state index is 13.3. The molecule has 2 aromatic rings. The second-order valence-corrected chi connectivity index (χ2v) is 4.18. The molecule has 0 saturated heterocycles. The van der Waals surface area contributed by atoms with Crippen LogP contribution in [-0.4, -0.2) is 9.97 Å². The van der Waals surface area contributed by atoms with Crippen LogP contribution in [0.3, 0.4) is 0 Å². The molecule has 1 aromatic carbocycles. The van der Waals surface area contributed by atoms with E-state index in [9.17, 15) is 4.39 Å². The zero-order valence-corrected chi connectivity index (χ0v) is 10.3. The number of nitrogens with zero attached hydrogens (tertiary/aromatic N) is 2. The van der Waals surface area contributed by atoms with E-state index >= 15 is 0 Å². The molecule has 0 aliphatic heterocycles. The zero-order chi connectivity index (χ0) is 13.1. The summed E-state index contributed by atoms with van der Waals surface area (Å²) < 4.78 is 13.3. The van der Waals surface area contributed by atoms with Gasteiger partial charge < -0.3 is 0 Å². The van der Waals surface area contributed by atoms with Crippen LogP contribution in [0.5, 0.6) is 0 Å². The lowest BCUT2D eigenvalue weighted by atomic mass is 9.99. The first-order valence-electron chi connectivity index (χ1n) is 5.62. The predicted molar refractivity (Wildman–Crippen MR) is 67.1 cm³/mol. The highest BCUT2D eigenvalue weighted by atomic mass is 19.1. The van der Waals surface area contributed by atoms with E-state index in [0.29, 0.717) is 5.69 Å². The van der Waals surface area contributed by atoms with Crippen molar-refractivity contribution < 1.29 is 4.39 Å². The Morgan fingerprint density at radius 3 is 2.61 bits per heavy atom. The minimum absolute atomic E-state index is 0.295. The van der Waals surface area contributed by atoms with E-state index in [2.05, 4.69) is 15.4 Å². The number of hydrogen-bond donors (Lipinski definition) is 2. The van der Waals surface area contributed by atoms with Crippen LogP contribution in [0, 0.1) is 19.7 Å². The molecular weight excluding hydrogens is 231 g/mol. The van der Waals surface area contributed by atoms with E-state index in [1.54, 1.807) is 18.5 Å². The van der Waals surface area contributed by atoms with E-state index in [4.69, 9.17) is 5.84 Å². The molecule has 0 fully saturated rings. The molecule has 1 unspecified atom stereocenters. The van der Waals surface area contributed by atoms with Crippen LogP contribution >= 0.6 is 0 Å². The number of hydrogen-bond acceptors (Lipinski definition) is 4. The zero-order valence-electron chi connectivity index (χ0n) is 10.3. The number of benzene rings is 1. The van der Waals surface area contributed by atoms with Crippen LogP contribution in [0.25, 0.3) is 0 Å². The highest BCUT2D eigenvalue weighted by Gasteiger charge is 2.17. The Balaban J connectivity index is 2.44. The van der Waals surface area contributed by atoms with Gasteiger partial charge in [-0.2, -0.15) is 0 Å². The van der Waals surface area contributed by atoms with Gasteiger partial charge in [0.25, 0.3) is 0 Å². The fourth-order valence-corrected chi connectivity index (χ4v) is 1.81. The Kier molecular flexibility index (Phi) is 3.64. The quantitative estimate of drug-likeness (QED) is 0.640. The Labute approximate surface area is 105 Å². The van der Waals surface area contributed by atoms with Gasteiger partial charge in [-0.3, -0.25) is 15.8 Å². The fourth-order valence-electron chi connectivity index (χ4n) is 1.81. The second kappa shape index (κ2) is 5.20. The van der Waals surface area contributed by atoms with Gasteiger partial charge in [-0.1, -0.05) is 6.07 Å². The highest BCUT2D eigenvalue weighted by molar-refractivity contribution is 5.34. The topological polar surface area (TPSA) is 63.8 Å². The van der Waals surface area contributed by atoms with E-state index in [-0.39, 0.29) is 11.9 Å². The van der Waals surface area contributed by atoms with E-state index in [1.165, 1.54) is 12.1 Å². The standard InChI is InChI=1S/C13H15FN4/c1-8-3-4-10(14)5-11(8)13(18-15)12-7-16-9(2)6-17-12/h3-7,13,18H,15H2,1-2H3. The number of rotatable bonds is 3. The summed E-state index contributed by atoms with van der Waals surface area (Å²) in [5, 5.41) is 0. The molecule has 0 aliphatic rings. The molecule has 0 saturated carbocycles. The number of hydrazine groups is 1. The molecule has 18 heavy (non-hydrogen) atoms. The minimum atomic E-state index is -0.367.